The monoisotopic (exact) mass is 1260 g/mol. The van der Waals surface area contributed by atoms with E-state index in [1.54, 1.807) is 12.1 Å². The molecule has 2 aromatic heterocycles. The van der Waals surface area contributed by atoms with Crippen molar-refractivity contribution in [1.82, 2.24) is 9.55 Å². The molecule has 1 aliphatic heterocycles. The molecule has 0 N–H and O–H groups in total. The number of aromatic nitrogens is 2. The Morgan fingerprint density at radius 2 is 1.07 bits per heavy atom. The van der Waals surface area contributed by atoms with Gasteiger partial charge in [0.2, 0.25) is 0 Å². The second-order valence-corrected chi connectivity index (χ2v) is 23.5. The van der Waals surface area contributed by atoms with Crippen LogP contribution < -0.4 is 14.5 Å². The molecular formula is C75H57F2N4OPt-3. The number of hydrogen-bond acceptors (Lipinski definition) is 4. The number of rotatable bonds is 9. The zero-order valence-electron chi connectivity index (χ0n) is 46.8. The van der Waals surface area contributed by atoms with Crippen LogP contribution in [-0.4, -0.2) is 9.55 Å². The summed E-state index contributed by atoms with van der Waals surface area (Å²) < 4.78 is 41.0. The average molecular weight is 1260 g/mol. The third-order valence-corrected chi connectivity index (χ3v) is 16.5. The maximum Gasteiger partial charge on any atom is 0.135 e. The predicted molar refractivity (Wildman–Crippen MR) is 330 cm³/mol. The number of halogens is 2. The molecule has 2 aliphatic rings. The number of hydrogen-bond donors (Lipinski definition) is 0. The molecular weight excluding hydrogens is 1210 g/mol. The van der Waals surface area contributed by atoms with Crippen LogP contribution in [-0.2, 0) is 37.3 Å². The van der Waals surface area contributed by atoms with Gasteiger partial charge < -0.3 is 19.1 Å². The zero-order chi connectivity index (χ0) is 56.1. The molecule has 83 heavy (non-hydrogen) atoms. The largest absolute Gasteiger partial charge is 0.509 e. The van der Waals surface area contributed by atoms with E-state index in [0.717, 1.165) is 100 Å². The van der Waals surface area contributed by atoms with Gasteiger partial charge in [0.1, 0.15) is 17.5 Å². The molecule has 8 heteroatoms. The van der Waals surface area contributed by atoms with E-state index in [1.807, 2.05) is 42.6 Å². The van der Waals surface area contributed by atoms with Gasteiger partial charge in [-0.2, -0.15) is 6.07 Å². The Morgan fingerprint density at radius 3 is 1.70 bits per heavy atom. The topological polar surface area (TPSA) is 33.5 Å². The Balaban J connectivity index is 0.00000645. The molecule has 0 saturated carbocycles. The van der Waals surface area contributed by atoms with Gasteiger partial charge in [0.05, 0.1) is 0 Å². The average Bonchev–Trinajstić information content (AvgIpc) is 1.72. The summed E-state index contributed by atoms with van der Waals surface area (Å²) >= 11 is 0. The molecule has 1 aliphatic carbocycles. The van der Waals surface area contributed by atoms with Crippen molar-refractivity contribution in [3.63, 3.8) is 0 Å². The first kappa shape index (κ1) is 53.4. The molecule has 0 amide bonds. The minimum Gasteiger partial charge on any atom is -0.509 e. The van der Waals surface area contributed by atoms with Gasteiger partial charge in [-0.1, -0.05) is 193 Å². The van der Waals surface area contributed by atoms with Crippen LogP contribution in [0.3, 0.4) is 0 Å². The second kappa shape index (κ2) is 20.5. The minimum absolute atomic E-state index is 0. The van der Waals surface area contributed by atoms with E-state index < -0.39 is 17.0 Å². The van der Waals surface area contributed by atoms with E-state index in [9.17, 15) is 0 Å². The Kier molecular flexibility index (Phi) is 13.2. The molecule has 0 spiro atoms. The molecule has 0 fully saturated rings. The number of ether oxygens (including phenoxy) is 1. The van der Waals surface area contributed by atoms with Crippen molar-refractivity contribution in [2.75, 3.05) is 9.80 Å². The summed E-state index contributed by atoms with van der Waals surface area (Å²) in [6.45, 7) is 15.4. The molecule has 5 nitrogen and oxygen atoms in total. The van der Waals surface area contributed by atoms with Gasteiger partial charge in [0.15, 0.2) is 0 Å². The summed E-state index contributed by atoms with van der Waals surface area (Å²) in [6.07, 6.45) is 1.88. The van der Waals surface area contributed by atoms with Gasteiger partial charge in [0.25, 0.3) is 0 Å². The molecule has 0 atom stereocenters. The van der Waals surface area contributed by atoms with Crippen molar-refractivity contribution in [2.24, 2.45) is 0 Å². The van der Waals surface area contributed by atoms with Gasteiger partial charge in [0, 0.05) is 77.9 Å². The van der Waals surface area contributed by atoms with Crippen LogP contribution >= 0.6 is 0 Å². The van der Waals surface area contributed by atoms with Crippen molar-refractivity contribution < 1.29 is 34.6 Å². The van der Waals surface area contributed by atoms with E-state index in [0.29, 0.717) is 28.3 Å². The number of pyridine rings is 1. The van der Waals surface area contributed by atoms with E-state index in [4.69, 9.17) is 9.72 Å². The van der Waals surface area contributed by atoms with E-state index in [1.165, 1.54) is 12.1 Å². The van der Waals surface area contributed by atoms with Crippen LogP contribution in [0.25, 0.3) is 61.0 Å². The van der Waals surface area contributed by atoms with Crippen LogP contribution in [0.2, 0.25) is 0 Å². The van der Waals surface area contributed by atoms with Gasteiger partial charge in [-0.05, 0) is 121 Å². The number of fused-ring (bicyclic) bond motifs is 7. The van der Waals surface area contributed by atoms with E-state index in [-0.39, 0.29) is 31.9 Å². The molecule has 0 unspecified atom stereocenters. The van der Waals surface area contributed by atoms with Crippen LogP contribution in [0.5, 0.6) is 11.5 Å². The summed E-state index contributed by atoms with van der Waals surface area (Å²) in [5.41, 5.74) is 15.3. The molecule has 14 rings (SSSR count). The fraction of sp³-hybridized carbons (Fsp3) is 0.120. The first-order chi connectivity index (χ1) is 39.7. The summed E-state index contributed by atoms with van der Waals surface area (Å²) in [5.74, 6) is 0.862. The number of benzene rings is 10. The number of nitrogens with zero attached hydrogens (tertiary/aromatic N) is 4. The Hall–Kier alpha value is -8.90. The minimum atomic E-state index is -1.10. The molecule has 10 aromatic carbocycles. The maximum absolute atomic E-state index is 15.8. The predicted octanol–water partition coefficient (Wildman–Crippen LogP) is 19.5. The standard InChI is InChI=1S/C75H57F2N4O.Pt/c1-73(2,3)50-28-30-51(31-29-50)75(65-36-32-54(76)43-63(65)64-44-55(77)33-37-66(64)75)53-40-56(45-58(41-53)82-57-34-35-62-61-22-13-14-25-67(61)81(70(62)46-57)71-42-52(38-39-78-71)74(4,5)6)79-47-80(69-27-16-15-26-68(69)79)72-59(48-18-9-7-10-19-48)23-17-24-60(72)49-20-11-8-12-21-49;/h7-44,47H,1-6H3;/q-3;. The quantitative estimate of drug-likeness (QED) is 0.135. The second-order valence-electron chi connectivity index (χ2n) is 23.5. The summed E-state index contributed by atoms with van der Waals surface area (Å²) in [4.78, 5) is 9.42. The smallest absolute Gasteiger partial charge is 0.135 e. The van der Waals surface area contributed by atoms with Crippen molar-refractivity contribution in [2.45, 2.75) is 57.8 Å². The first-order valence-corrected chi connectivity index (χ1v) is 27.9. The summed E-state index contributed by atoms with van der Waals surface area (Å²) in [6, 6.07) is 82.9. The van der Waals surface area contributed by atoms with Gasteiger partial charge in [-0.15, -0.1) is 53.6 Å². The SMILES string of the molecule is CC(C)(C)c1ccc(C2(c3cc(Oc4[c-]c5c(cc4)c4ccccc4n5-c4cc(C(C)(C)C)ccn4)[c-]c(N4[CH-]N(c5c(-c6ccccc6)cccc5-c5ccccc5)c5ccccc54)c3)c3ccc(F)cc3-c3cc(F)ccc32)cc1.[Pt]. The van der Waals surface area contributed by atoms with Crippen molar-refractivity contribution in [1.29, 1.82) is 0 Å². The van der Waals surface area contributed by atoms with E-state index >= 15 is 8.78 Å². The van der Waals surface area contributed by atoms with Gasteiger partial charge in [-0.25, -0.2) is 13.8 Å². The normalized spacial score (nSPS) is 13.4. The summed E-state index contributed by atoms with van der Waals surface area (Å²) in [7, 11) is 0. The summed E-state index contributed by atoms with van der Waals surface area (Å²) in [5, 5.41) is 2.08. The Morgan fingerprint density at radius 1 is 0.482 bits per heavy atom. The van der Waals surface area contributed by atoms with Crippen molar-refractivity contribution in [3.05, 3.63) is 294 Å². The van der Waals surface area contributed by atoms with Crippen molar-refractivity contribution in [3.8, 4) is 50.7 Å². The molecule has 0 radical (unpaired) electrons. The van der Waals surface area contributed by atoms with Crippen LogP contribution in [0.15, 0.2) is 231 Å². The number of para-hydroxylation sites is 4. The van der Waals surface area contributed by atoms with Crippen LogP contribution in [0.1, 0.15) is 74.9 Å². The molecule has 12 aromatic rings. The molecule has 410 valence electrons. The first-order valence-electron chi connectivity index (χ1n) is 27.9. The third-order valence-electron chi connectivity index (χ3n) is 16.5. The maximum atomic E-state index is 15.8. The fourth-order valence-corrected chi connectivity index (χ4v) is 12.5. The van der Waals surface area contributed by atoms with Crippen LogP contribution in [0, 0.1) is 30.4 Å². The Bertz CT molecular complexity index is 4360. The Labute approximate surface area is 498 Å². The van der Waals surface area contributed by atoms with Crippen LogP contribution in [0.4, 0.5) is 31.5 Å². The van der Waals surface area contributed by atoms with Crippen molar-refractivity contribution >= 4 is 44.6 Å². The molecule has 0 saturated heterocycles. The number of anilines is 4. The van der Waals surface area contributed by atoms with Gasteiger partial charge in [-0.3, -0.25) is 0 Å². The molecule has 3 heterocycles. The fourth-order valence-electron chi connectivity index (χ4n) is 12.5. The zero-order valence-corrected chi connectivity index (χ0v) is 49.1. The molecule has 0 bridgehead atoms. The van der Waals surface area contributed by atoms with E-state index in [2.05, 4.69) is 239 Å². The van der Waals surface area contributed by atoms with Gasteiger partial charge >= 0.3 is 0 Å². The third kappa shape index (κ3) is 9.05.